The minimum atomic E-state index is 0.130. The van der Waals surface area contributed by atoms with Gasteiger partial charge in [-0.15, -0.1) is 0 Å². The van der Waals surface area contributed by atoms with Gasteiger partial charge in [0, 0.05) is 11.1 Å². The smallest absolute Gasteiger partial charge is 0.230 e. The quantitative estimate of drug-likeness (QED) is 0.754. The molecule has 2 heteroatoms. The van der Waals surface area contributed by atoms with E-state index in [2.05, 4.69) is 44.3 Å². The molecule has 0 saturated carbocycles. The molecule has 102 valence electrons. The number of para-hydroxylation sites is 1. The summed E-state index contributed by atoms with van der Waals surface area (Å²) in [6.45, 7) is 2.15. The van der Waals surface area contributed by atoms with Gasteiger partial charge >= 0.3 is 5.91 Å². The maximum Gasteiger partial charge on any atom is 0.319 e. The molecule has 0 radical (unpaired) electrons. The van der Waals surface area contributed by atoms with E-state index in [0.717, 1.165) is 12.1 Å². The lowest BCUT2D eigenvalue weighted by Crippen LogP contribution is -2.54. The molecule has 0 saturated heterocycles. The van der Waals surface area contributed by atoms with E-state index in [1.54, 1.807) is 0 Å². The van der Waals surface area contributed by atoms with E-state index < -0.39 is 0 Å². The van der Waals surface area contributed by atoms with E-state index in [1.807, 2.05) is 24.3 Å². The van der Waals surface area contributed by atoms with Crippen LogP contribution in [-0.2, 0) is 11.2 Å². The van der Waals surface area contributed by atoms with Crippen molar-refractivity contribution in [2.75, 3.05) is 7.05 Å². The van der Waals surface area contributed by atoms with Crippen LogP contribution in [0.15, 0.2) is 54.6 Å². The third-order valence-corrected chi connectivity index (χ3v) is 4.67. The molecule has 1 aliphatic heterocycles. The molecular formula is C18H20NO+. The van der Waals surface area contributed by atoms with E-state index in [1.165, 1.54) is 11.1 Å². The summed E-state index contributed by atoms with van der Waals surface area (Å²) in [4.78, 5) is 12.7. The highest BCUT2D eigenvalue weighted by molar-refractivity contribution is 5.91. The van der Waals surface area contributed by atoms with E-state index in [-0.39, 0.29) is 6.04 Å². The first-order valence-electron chi connectivity index (χ1n) is 7.17. The largest absolute Gasteiger partial charge is 0.319 e. The summed E-state index contributed by atoms with van der Waals surface area (Å²) in [5, 5.41) is 0. The summed E-state index contributed by atoms with van der Waals surface area (Å²) in [6.07, 6.45) is 1.50. The lowest BCUT2D eigenvalue weighted by atomic mass is 9.94. The first-order chi connectivity index (χ1) is 9.64. The van der Waals surface area contributed by atoms with Gasteiger partial charge in [0.15, 0.2) is 0 Å². The molecular weight excluding hydrogens is 246 g/mol. The third kappa shape index (κ3) is 1.88. The molecule has 3 rings (SSSR count). The monoisotopic (exact) mass is 266 g/mol. The Balaban J connectivity index is 2.13. The highest BCUT2D eigenvalue weighted by atomic mass is 16.2. The SMILES string of the molecule is C[C@@H](c1ccccc1)[N+]1(C)C(=O)CCc2ccccc21. The summed E-state index contributed by atoms with van der Waals surface area (Å²) in [5.41, 5.74) is 3.66. The summed E-state index contributed by atoms with van der Waals surface area (Å²) < 4.78 is 0.375. The van der Waals surface area contributed by atoms with Gasteiger partial charge in [-0.25, -0.2) is 9.28 Å². The molecule has 0 N–H and O–H groups in total. The molecule has 2 aromatic rings. The first kappa shape index (κ1) is 13.1. The Morgan fingerprint density at radius 2 is 1.60 bits per heavy atom. The van der Waals surface area contributed by atoms with Gasteiger partial charge in [-0.2, -0.15) is 0 Å². The van der Waals surface area contributed by atoms with Crippen molar-refractivity contribution in [2.45, 2.75) is 25.8 Å². The van der Waals surface area contributed by atoms with Gasteiger partial charge in [0.1, 0.15) is 11.7 Å². The molecule has 0 spiro atoms. The van der Waals surface area contributed by atoms with Gasteiger partial charge in [-0.1, -0.05) is 48.5 Å². The van der Waals surface area contributed by atoms with E-state index >= 15 is 0 Å². The summed E-state index contributed by atoms with van der Waals surface area (Å²) in [6, 6.07) is 18.8. The van der Waals surface area contributed by atoms with Gasteiger partial charge < -0.3 is 0 Å². The number of rotatable bonds is 2. The number of hydrogen-bond donors (Lipinski definition) is 0. The second kappa shape index (κ2) is 4.88. The van der Waals surface area contributed by atoms with Crippen molar-refractivity contribution in [3.8, 4) is 0 Å². The Morgan fingerprint density at radius 1 is 0.950 bits per heavy atom. The van der Waals surface area contributed by atoms with Crippen molar-refractivity contribution >= 4 is 11.6 Å². The van der Waals surface area contributed by atoms with E-state index in [0.29, 0.717) is 16.8 Å². The zero-order valence-corrected chi connectivity index (χ0v) is 12.0. The molecule has 0 aliphatic carbocycles. The van der Waals surface area contributed by atoms with Crippen molar-refractivity contribution < 1.29 is 4.79 Å². The number of nitrogens with zero attached hydrogens (tertiary/aromatic N) is 1. The van der Waals surface area contributed by atoms with Crippen LogP contribution < -0.4 is 4.48 Å². The van der Waals surface area contributed by atoms with E-state index in [9.17, 15) is 4.79 Å². The number of carbonyl (C=O) groups is 1. The zero-order valence-electron chi connectivity index (χ0n) is 12.0. The molecule has 0 aromatic heterocycles. The van der Waals surface area contributed by atoms with Crippen LogP contribution in [0.1, 0.15) is 30.5 Å². The highest BCUT2D eigenvalue weighted by Gasteiger charge is 2.44. The molecule has 0 fully saturated rings. The van der Waals surface area contributed by atoms with Crippen LogP contribution in [0.4, 0.5) is 5.69 Å². The van der Waals surface area contributed by atoms with Crippen LogP contribution >= 0.6 is 0 Å². The highest BCUT2D eigenvalue weighted by Crippen LogP contribution is 2.40. The number of quaternary nitrogens is 1. The number of hydrogen-bond acceptors (Lipinski definition) is 1. The van der Waals surface area contributed by atoms with Crippen LogP contribution in [0.3, 0.4) is 0 Å². The van der Waals surface area contributed by atoms with Gasteiger partial charge in [0.25, 0.3) is 0 Å². The van der Waals surface area contributed by atoms with Crippen molar-refractivity contribution in [3.63, 3.8) is 0 Å². The average Bonchev–Trinajstić information content (AvgIpc) is 2.51. The minimum Gasteiger partial charge on any atom is -0.230 e. The van der Waals surface area contributed by atoms with Crippen molar-refractivity contribution in [1.82, 2.24) is 4.48 Å². The fourth-order valence-corrected chi connectivity index (χ4v) is 3.24. The van der Waals surface area contributed by atoms with Crippen LogP contribution in [0, 0.1) is 0 Å². The van der Waals surface area contributed by atoms with Crippen molar-refractivity contribution in [3.05, 3.63) is 65.7 Å². The molecule has 2 aromatic carbocycles. The number of aryl methyl sites for hydroxylation is 1. The van der Waals surface area contributed by atoms with Gasteiger partial charge in [-0.3, -0.25) is 0 Å². The molecule has 0 bridgehead atoms. The van der Waals surface area contributed by atoms with Gasteiger partial charge in [0.2, 0.25) is 0 Å². The molecule has 1 aliphatic rings. The molecule has 2 atom stereocenters. The van der Waals surface area contributed by atoms with Gasteiger partial charge in [0.05, 0.1) is 13.5 Å². The average molecular weight is 266 g/mol. The maximum absolute atomic E-state index is 12.7. The lowest BCUT2D eigenvalue weighted by molar-refractivity contribution is -0.131. The summed E-state index contributed by atoms with van der Waals surface area (Å²) in [7, 11) is 2.05. The molecule has 1 unspecified atom stereocenters. The Labute approximate surface area is 120 Å². The van der Waals surface area contributed by atoms with Crippen molar-refractivity contribution in [2.24, 2.45) is 0 Å². The minimum absolute atomic E-state index is 0.130. The number of fused-ring (bicyclic) bond motifs is 1. The lowest BCUT2D eigenvalue weighted by Gasteiger charge is -2.40. The fraction of sp³-hybridized carbons (Fsp3) is 0.278. The second-order valence-corrected chi connectivity index (χ2v) is 5.68. The van der Waals surface area contributed by atoms with Crippen LogP contribution in [-0.4, -0.2) is 13.0 Å². The van der Waals surface area contributed by atoms with E-state index in [4.69, 9.17) is 0 Å². The number of amides is 1. The topological polar surface area (TPSA) is 17.1 Å². The fourth-order valence-electron chi connectivity index (χ4n) is 3.24. The van der Waals surface area contributed by atoms with Crippen LogP contribution in [0.25, 0.3) is 0 Å². The molecule has 1 amide bonds. The maximum atomic E-state index is 12.7. The second-order valence-electron chi connectivity index (χ2n) is 5.68. The Hall–Kier alpha value is -1.93. The molecule has 2 nitrogen and oxygen atoms in total. The normalized spacial score (nSPS) is 23.2. The molecule has 1 heterocycles. The van der Waals surface area contributed by atoms with Gasteiger partial charge in [-0.05, 0) is 19.4 Å². The first-order valence-corrected chi connectivity index (χ1v) is 7.17. The predicted molar refractivity (Wildman–Crippen MR) is 82.3 cm³/mol. The third-order valence-electron chi connectivity index (χ3n) is 4.67. The standard InChI is InChI=1S/C18H20NO/c1-14(15-8-4-3-5-9-15)19(2)17-11-7-6-10-16(17)12-13-18(19)20/h3-11,14H,12-13H2,1-2H3/q+1/t14-,19?/m0/s1. The Morgan fingerprint density at radius 3 is 2.35 bits per heavy atom. The Bertz CT molecular complexity index is 635. The Kier molecular flexibility index (Phi) is 3.19. The molecule has 20 heavy (non-hydrogen) atoms. The van der Waals surface area contributed by atoms with Crippen molar-refractivity contribution in [1.29, 1.82) is 0 Å². The zero-order chi connectivity index (χ0) is 14.2. The van der Waals surface area contributed by atoms with Crippen LogP contribution in [0.5, 0.6) is 0 Å². The number of carbonyl (C=O) groups excluding carboxylic acids is 1. The summed E-state index contributed by atoms with van der Waals surface area (Å²) in [5.74, 6) is 0.306. The number of benzene rings is 2. The van der Waals surface area contributed by atoms with Crippen LogP contribution in [0.2, 0.25) is 0 Å². The summed E-state index contributed by atoms with van der Waals surface area (Å²) >= 11 is 0. The predicted octanol–water partition coefficient (Wildman–Crippen LogP) is 3.86.